The molecule has 140 valence electrons. The number of anilines is 2. The van der Waals surface area contributed by atoms with Crippen LogP contribution >= 0.6 is 0 Å². The molecular weight excluding hydrogens is 353 g/mol. The summed E-state index contributed by atoms with van der Waals surface area (Å²) in [4.78, 5) is 19.2. The second-order valence-corrected chi connectivity index (χ2v) is 5.56. The van der Waals surface area contributed by atoms with Crippen molar-refractivity contribution in [3.63, 3.8) is 0 Å². The maximum Gasteiger partial charge on any atom is 0.423 e. The van der Waals surface area contributed by atoms with E-state index in [1.54, 1.807) is 13.8 Å². The minimum atomic E-state index is -4.65. The van der Waals surface area contributed by atoms with Crippen LogP contribution < -0.4 is 9.64 Å². The van der Waals surface area contributed by atoms with Gasteiger partial charge in [0.25, 0.3) is 5.69 Å². The second kappa shape index (κ2) is 7.54. The van der Waals surface area contributed by atoms with Crippen molar-refractivity contribution >= 4 is 17.3 Å². The molecule has 10 heteroatoms. The number of hydrogen-bond donors (Lipinski definition) is 0. The lowest BCUT2D eigenvalue weighted by molar-refractivity contribution is -0.384. The first-order valence-corrected chi connectivity index (χ1v) is 7.72. The van der Waals surface area contributed by atoms with Gasteiger partial charge in [-0.2, -0.15) is 18.2 Å². The lowest BCUT2D eigenvalue weighted by atomic mass is 10.2. The number of ether oxygens (including phenoxy) is 1. The van der Waals surface area contributed by atoms with E-state index in [0.29, 0.717) is 18.3 Å². The zero-order chi connectivity index (χ0) is 19.5. The van der Waals surface area contributed by atoms with Crippen LogP contribution in [0, 0.1) is 10.1 Å². The molecule has 0 radical (unpaired) electrons. The molecule has 0 saturated carbocycles. The van der Waals surface area contributed by atoms with Gasteiger partial charge in [0.2, 0.25) is 11.8 Å². The molecule has 0 saturated heterocycles. The van der Waals surface area contributed by atoms with Gasteiger partial charge >= 0.3 is 6.18 Å². The molecule has 0 bridgehead atoms. The third-order valence-corrected chi connectivity index (χ3v) is 3.68. The number of rotatable bonds is 6. The van der Waals surface area contributed by atoms with E-state index in [4.69, 9.17) is 4.74 Å². The maximum absolute atomic E-state index is 13.1. The van der Waals surface area contributed by atoms with Gasteiger partial charge in [0.05, 0.1) is 11.0 Å². The van der Waals surface area contributed by atoms with Crippen molar-refractivity contribution < 1.29 is 22.8 Å². The van der Waals surface area contributed by atoms with Gasteiger partial charge in [0, 0.05) is 31.1 Å². The van der Waals surface area contributed by atoms with Crippen LogP contribution in [0.4, 0.5) is 30.5 Å². The molecule has 0 aliphatic carbocycles. The minimum Gasteiger partial charge on any atom is -0.474 e. The van der Waals surface area contributed by atoms with Gasteiger partial charge in [-0.15, -0.1) is 0 Å². The highest BCUT2D eigenvalue weighted by Gasteiger charge is 2.37. The fraction of sp³-hybridized carbons (Fsp3) is 0.375. The molecule has 26 heavy (non-hydrogen) atoms. The predicted molar refractivity (Wildman–Crippen MR) is 88.6 cm³/mol. The quantitative estimate of drug-likeness (QED) is 0.555. The fourth-order valence-electron chi connectivity index (χ4n) is 1.99. The SMILES string of the molecule is CCC(C)Oc1nc(N(C)c2ccc([N+](=O)[O-])cc2)ncc1C(F)(F)F. The molecule has 7 nitrogen and oxygen atoms in total. The lowest BCUT2D eigenvalue weighted by Crippen LogP contribution is -2.19. The highest BCUT2D eigenvalue weighted by Crippen LogP contribution is 2.36. The average molecular weight is 370 g/mol. The summed E-state index contributed by atoms with van der Waals surface area (Å²) in [6.45, 7) is 3.42. The highest BCUT2D eigenvalue weighted by molar-refractivity contribution is 5.58. The van der Waals surface area contributed by atoms with Crippen molar-refractivity contribution in [1.29, 1.82) is 0 Å². The van der Waals surface area contributed by atoms with Gasteiger partial charge in [-0.05, 0) is 25.5 Å². The number of alkyl halides is 3. The van der Waals surface area contributed by atoms with Crippen molar-refractivity contribution in [3.8, 4) is 5.88 Å². The summed E-state index contributed by atoms with van der Waals surface area (Å²) in [6.07, 6.45) is -3.92. The summed E-state index contributed by atoms with van der Waals surface area (Å²) in [5.74, 6) is -0.573. The minimum absolute atomic E-state index is 0.0230. The molecule has 0 spiro atoms. The summed E-state index contributed by atoms with van der Waals surface area (Å²) >= 11 is 0. The second-order valence-electron chi connectivity index (χ2n) is 5.56. The zero-order valence-corrected chi connectivity index (χ0v) is 14.3. The molecule has 2 rings (SSSR count). The van der Waals surface area contributed by atoms with Crippen LogP contribution in [0.1, 0.15) is 25.8 Å². The number of benzene rings is 1. The normalized spacial score (nSPS) is 12.5. The average Bonchev–Trinajstić information content (AvgIpc) is 2.60. The monoisotopic (exact) mass is 370 g/mol. The molecule has 1 aromatic carbocycles. The van der Waals surface area contributed by atoms with Gasteiger partial charge in [-0.1, -0.05) is 6.92 Å². The van der Waals surface area contributed by atoms with E-state index in [0.717, 1.165) is 0 Å². The Bertz CT molecular complexity index is 781. The van der Waals surface area contributed by atoms with Gasteiger partial charge in [-0.25, -0.2) is 4.98 Å². The lowest BCUT2D eigenvalue weighted by Gasteiger charge is -2.21. The Labute approximate surface area is 147 Å². The number of nitro benzene ring substituents is 1. The van der Waals surface area contributed by atoms with E-state index < -0.39 is 28.6 Å². The van der Waals surface area contributed by atoms with E-state index in [1.165, 1.54) is 36.2 Å². The van der Waals surface area contributed by atoms with Crippen LogP contribution in [0.2, 0.25) is 0 Å². The number of nitrogens with zero attached hydrogens (tertiary/aromatic N) is 4. The Kier molecular flexibility index (Phi) is 5.63. The number of nitro groups is 1. The van der Waals surface area contributed by atoms with E-state index >= 15 is 0 Å². The Morgan fingerprint density at radius 1 is 1.31 bits per heavy atom. The van der Waals surface area contributed by atoms with E-state index in [9.17, 15) is 23.3 Å². The topological polar surface area (TPSA) is 81.4 Å². The van der Waals surface area contributed by atoms with Crippen molar-refractivity contribution in [2.24, 2.45) is 0 Å². The molecule has 1 atom stereocenters. The number of hydrogen-bond acceptors (Lipinski definition) is 6. The van der Waals surface area contributed by atoms with Gasteiger partial charge in [0.15, 0.2) is 0 Å². The van der Waals surface area contributed by atoms with E-state index in [2.05, 4.69) is 9.97 Å². The predicted octanol–water partition coefficient (Wildman–Crippen LogP) is 4.35. The van der Waals surface area contributed by atoms with Crippen LogP contribution in [0.3, 0.4) is 0 Å². The molecule has 0 aliphatic heterocycles. The van der Waals surface area contributed by atoms with Crippen molar-refractivity contribution in [3.05, 3.63) is 46.1 Å². The fourth-order valence-corrected chi connectivity index (χ4v) is 1.99. The Hall–Kier alpha value is -2.91. The van der Waals surface area contributed by atoms with Gasteiger partial charge < -0.3 is 9.64 Å². The number of non-ortho nitro benzene ring substituents is 1. The molecule has 1 unspecified atom stereocenters. The van der Waals surface area contributed by atoms with E-state index in [-0.39, 0.29) is 11.6 Å². The molecule has 1 aromatic heterocycles. The summed E-state index contributed by atoms with van der Waals surface area (Å²) in [5.41, 5.74) is -0.681. The van der Waals surface area contributed by atoms with Crippen molar-refractivity contribution in [1.82, 2.24) is 9.97 Å². The molecule has 0 N–H and O–H groups in total. The maximum atomic E-state index is 13.1. The molecular formula is C16H17F3N4O3. The molecule has 2 aromatic rings. The largest absolute Gasteiger partial charge is 0.474 e. The van der Waals surface area contributed by atoms with Crippen molar-refractivity contribution in [2.75, 3.05) is 11.9 Å². The smallest absolute Gasteiger partial charge is 0.423 e. The van der Waals surface area contributed by atoms with Crippen LogP contribution in [-0.4, -0.2) is 28.0 Å². The summed E-state index contributed by atoms with van der Waals surface area (Å²) in [7, 11) is 1.54. The number of halogens is 3. The zero-order valence-electron chi connectivity index (χ0n) is 14.3. The first-order chi connectivity index (χ1) is 12.1. The highest BCUT2D eigenvalue weighted by atomic mass is 19.4. The summed E-state index contributed by atoms with van der Waals surface area (Å²) < 4.78 is 44.7. The number of aromatic nitrogens is 2. The third kappa shape index (κ3) is 4.38. The van der Waals surface area contributed by atoms with E-state index in [1.807, 2.05) is 0 Å². The van der Waals surface area contributed by atoms with Crippen LogP contribution in [0.15, 0.2) is 30.5 Å². The Balaban J connectivity index is 2.39. The van der Waals surface area contributed by atoms with Gasteiger partial charge in [0.1, 0.15) is 5.56 Å². The molecule has 1 heterocycles. The first-order valence-electron chi connectivity index (χ1n) is 7.72. The summed E-state index contributed by atoms with van der Waals surface area (Å²) in [5, 5.41) is 10.7. The van der Waals surface area contributed by atoms with Crippen molar-refractivity contribution in [2.45, 2.75) is 32.5 Å². The molecule has 0 fully saturated rings. The molecule has 0 aliphatic rings. The van der Waals surface area contributed by atoms with Crippen LogP contribution in [0.5, 0.6) is 5.88 Å². The first kappa shape index (κ1) is 19.4. The molecule has 0 amide bonds. The summed E-state index contributed by atoms with van der Waals surface area (Å²) in [6, 6.07) is 5.47. The van der Waals surface area contributed by atoms with Crippen LogP contribution in [-0.2, 0) is 6.18 Å². The Morgan fingerprint density at radius 2 is 1.92 bits per heavy atom. The Morgan fingerprint density at radius 3 is 2.42 bits per heavy atom. The van der Waals surface area contributed by atoms with Crippen LogP contribution in [0.25, 0.3) is 0 Å². The third-order valence-electron chi connectivity index (χ3n) is 3.68. The van der Waals surface area contributed by atoms with Gasteiger partial charge in [-0.3, -0.25) is 10.1 Å². The standard InChI is InChI=1S/C16H17F3N4O3/c1-4-10(2)26-14-13(16(17,18)19)9-20-15(21-14)22(3)11-5-7-12(8-6-11)23(24)25/h5-10H,4H2,1-3H3.